The summed E-state index contributed by atoms with van der Waals surface area (Å²) in [6.07, 6.45) is 0. The maximum absolute atomic E-state index is 12.3. The SMILES string of the molecule is Cc1cc(C)c([N+](=O)[O-])cc1NC(=O)c1ccccc1I. The van der Waals surface area contributed by atoms with Crippen molar-refractivity contribution in [1.82, 2.24) is 0 Å². The lowest BCUT2D eigenvalue weighted by Crippen LogP contribution is -2.14. The van der Waals surface area contributed by atoms with Gasteiger partial charge in [0.25, 0.3) is 11.6 Å². The largest absolute Gasteiger partial charge is 0.321 e. The molecule has 108 valence electrons. The summed E-state index contributed by atoms with van der Waals surface area (Å²) < 4.78 is 0.826. The van der Waals surface area contributed by atoms with Gasteiger partial charge in [-0.25, -0.2) is 0 Å². The molecule has 0 saturated carbocycles. The number of carbonyl (C=O) groups excluding carboxylic acids is 1. The van der Waals surface area contributed by atoms with Crippen LogP contribution in [0.15, 0.2) is 36.4 Å². The Morgan fingerprint density at radius 3 is 2.48 bits per heavy atom. The number of nitrogens with zero attached hydrogens (tertiary/aromatic N) is 1. The summed E-state index contributed by atoms with van der Waals surface area (Å²) in [6, 6.07) is 10.3. The first-order valence-electron chi connectivity index (χ1n) is 6.21. The van der Waals surface area contributed by atoms with Crippen molar-refractivity contribution in [3.05, 3.63) is 66.8 Å². The van der Waals surface area contributed by atoms with Crippen LogP contribution >= 0.6 is 22.6 Å². The normalized spacial score (nSPS) is 10.2. The molecule has 0 unspecified atom stereocenters. The smallest absolute Gasteiger partial charge is 0.274 e. The summed E-state index contributed by atoms with van der Waals surface area (Å²) in [6.45, 7) is 3.49. The summed E-state index contributed by atoms with van der Waals surface area (Å²) in [7, 11) is 0. The molecule has 0 bridgehead atoms. The van der Waals surface area contributed by atoms with Crippen molar-refractivity contribution >= 4 is 39.9 Å². The molecule has 0 saturated heterocycles. The molecule has 2 aromatic carbocycles. The molecule has 0 aromatic heterocycles. The summed E-state index contributed by atoms with van der Waals surface area (Å²) in [5.74, 6) is -0.277. The van der Waals surface area contributed by atoms with Crippen LogP contribution in [0.2, 0.25) is 0 Å². The predicted octanol–water partition coefficient (Wildman–Crippen LogP) is 4.07. The highest BCUT2D eigenvalue weighted by molar-refractivity contribution is 14.1. The Labute approximate surface area is 135 Å². The number of hydrogen-bond donors (Lipinski definition) is 1. The lowest BCUT2D eigenvalue weighted by molar-refractivity contribution is -0.385. The Morgan fingerprint density at radius 1 is 1.19 bits per heavy atom. The van der Waals surface area contributed by atoms with E-state index in [9.17, 15) is 14.9 Å². The fourth-order valence-electron chi connectivity index (χ4n) is 2.01. The summed E-state index contributed by atoms with van der Waals surface area (Å²) in [4.78, 5) is 22.8. The van der Waals surface area contributed by atoms with E-state index in [1.165, 1.54) is 6.07 Å². The van der Waals surface area contributed by atoms with Crippen LogP contribution in [0.1, 0.15) is 21.5 Å². The van der Waals surface area contributed by atoms with Gasteiger partial charge < -0.3 is 5.32 Å². The zero-order valence-corrected chi connectivity index (χ0v) is 13.7. The third-order valence-electron chi connectivity index (χ3n) is 3.11. The highest BCUT2D eigenvalue weighted by atomic mass is 127. The lowest BCUT2D eigenvalue weighted by atomic mass is 10.1. The predicted molar refractivity (Wildman–Crippen MR) is 89.7 cm³/mol. The van der Waals surface area contributed by atoms with Crippen LogP contribution in [0.5, 0.6) is 0 Å². The van der Waals surface area contributed by atoms with E-state index in [1.54, 1.807) is 25.1 Å². The third-order valence-corrected chi connectivity index (χ3v) is 4.05. The second kappa shape index (κ2) is 6.21. The molecular formula is C15H13IN2O3. The number of halogens is 1. The number of carbonyl (C=O) groups is 1. The van der Waals surface area contributed by atoms with Crippen molar-refractivity contribution in [1.29, 1.82) is 0 Å². The molecule has 6 heteroatoms. The van der Waals surface area contributed by atoms with Crippen molar-refractivity contribution in [3.8, 4) is 0 Å². The fraction of sp³-hybridized carbons (Fsp3) is 0.133. The quantitative estimate of drug-likeness (QED) is 0.483. The minimum absolute atomic E-state index is 0.00124. The van der Waals surface area contributed by atoms with Crippen LogP contribution in [-0.2, 0) is 0 Å². The van der Waals surface area contributed by atoms with Crippen LogP contribution < -0.4 is 5.32 Å². The number of amides is 1. The molecule has 0 atom stereocenters. The molecule has 2 rings (SSSR count). The monoisotopic (exact) mass is 396 g/mol. The van der Waals surface area contributed by atoms with E-state index < -0.39 is 4.92 Å². The average molecular weight is 396 g/mol. The van der Waals surface area contributed by atoms with Crippen LogP contribution in [0.4, 0.5) is 11.4 Å². The average Bonchev–Trinajstić information content (AvgIpc) is 2.41. The van der Waals surface area contributed by atoms with Gasteiger partial charge in [-0.05, 0) is 60.2 Å². The van der Waals surface area contributed by atoms with Gasteiger partial charge in [0.05, 0.1) is 16.2 Å². The zero-order chi connectivity index (χ0) is 15.6. The third kappa shape index (κ3) is 3.38. The Morgan fingerprint density at radius 2 is 1.86 bits per heavy atom. The van der Waals surface area contributed by atoms with Gasteiger partial charge in [-0.15, -0.1) is 0 Å². The Hall–Kier alpha value is -1.96. The fourth-order valence-corrected chi connectivity index (χ4v) is 2.64. The molecule has 0 aliphatic rings. The first kappa shape index (κ1) is 15.4. The van der Waals surface area contributed by atoms with Gasteiger partial charge in [0, 0.05) is 15.2 Å². The highest BCUT2D eigenvalue weighted by Crippen LogP contribution is 2.27. The minimum Gasteiger partial charge on any atom is -0.321 e. The van der Waals surface area contributed by atoms with E-state index in [0.717, 1.165) is 9.13 Å². The maximum atomic E-state index is 12.3. The van der Waals surface area contributed by atoms with Gasteiger partial charge >= 0.3 is 0 Å². The second-order valence-electron chi connectivity index (χ2n) is 4.64. The van der Waals surface area contributed by atoms with Crippen molar-refractivity contribution in [2.24, 2.45) is 0 Å². The van der Waals surface area contributed by atoms with Gasteiger partial charge in [0.1, 0.15) is 0 Å². The summed E-state index contributed by atoms with van der Waals surface area (Å²) >= 11 is 2.08. The Bertz CT molecular complexity index is 729. The van der Waals surface area contributed by atoms with Crippen LogP contribution in [0, 0.1) is 27.5 Å². The Balaban J connectivity index is 2.36. The molecular weight excluding hydrogens is 383 g/mol. The molecule has 2 aromatic rings. The first-order chi connectivity index (χ1) is 9.90. The van der Waals surface area contributed by atoms with Crippen molar-refractivity contribution in [2.75, 3.05) is 5.32 Å². The molecule has 1 amide bonds. The molecule has 0 radical (unpaired) electrons. The molecule has 0 aliphatic heterocycles. The number of anilines is 1. The van der Waals surface area contributed by atoms with Gasteiger partial charge in [-0.2, -0.15) is 0 Å². The molecule has 0 fully saturated rings. The maximum Gasteiger partial charge on any atom is 0.274 e. The first-order valence-corrected chi connectivity index (χ1v) is 7.29. The molecule has 0 spiro atoms. The van der Waals surface area contributed by atoms with E-state index >= 15 is 0 Å². The number of nitro benzene ring substituents is 1. The van der Waals surface area contributed by atoms with Gasteiger partial charge in [0.15, 0.2) is 0 Å². The van der Waals surface area contributed by atoms with Gasteiger partial charge in [-0.3, -0.25) is 14.9 Å². The van der Waals surface area contributed by atoms with Crippen molar-refractivity contribution in [3.63, 3.8) is 0 Å². The lowest BCUT2D eigenvalue weighted by Gasteiger charge is -2.10. The topological polar surface area (TPSA) is 72.2 Å². The minimum atomic E-state index is -0.448. The van der Waals surface area contributed by atoms with Gasteiger partial charge in [-0.1, -0.05) is 12.1 Å². The van der Waals surface area contributed by atoms with Crippen molar-refractivity contribution < 1.29 is 9.72 Å². The summed E-state index contributed by atoms with van der Waals surface area (Å²) in [5.41, 5.74) is 2.36. The molecule has 5 nitrogen and oxygen atoms in total. The number of nitro groups is 1. The summed E-state index contributed by atoms with van der Waals surface area (Å²) in [5, 5.41) is 13.7. The highest BCUT2D eigenvalue weighted by Gasteiger charge is 2.16. The van der Waals surface area contributed by atoms with E-state index in [0.29, 0.717) is 16.8 Å². The number of rotatable bonds is 3. The van der Waals surface area contributed by atoms with Crippen molar-refractivity contribution in [2.45, 2.75) is 13.8 Å². The van der Waals surface area contributed by atoms with Crippen LogP contribution in [0.25, 0.3) is 0 Å². The molecule has 0 heterocycles. The van der Waals surface area contributed by atoms with E-state index in [4.69, 9.17) is 0 Å². The van der Waals surface area contributed by atoms with Gasteiger partial charge in [0.2, 0.25) is 0 Å². The van der Waals surface area contributed by atoms with E-state index in [2.05, 4.69) is 27.9 Å². The number of aryl methyl sites for hydroxylation is 2. The standard InChI is InChI=1S/C15H13IN2O3/c1-9-7-10(2)14(18(20)21)8-13(9)17-15(19)11-5-3-4-6-12(11)16/h3-8H,1-2H3,(H,17,19). The molecule has 21 heavy (non-hydrogen) atoms. The second-order valence-corrected chi connectivity index (χ2v) is 5.81. The number of nitrogens with one attached hydrogen (secondary N) is 1. The number of benzene rings is 2. The number of hydrogen-bond acceptors (Lipinski definition) is 3. The molecule has 0 aliphatic carbocycles. The molecule has 1 N–H and O–H groups in total. The van der Waals surface area contributed by atoms with Crippen LogP contribution in [0.3, 0.4) is 0 Å². The Kier molecular flexibility index (Phi) is 4.56. The van der Waals surface area contributed by atoms with E-state index in [1.807, 2.05) is 19.1 Å². The zero-order valence-electron chi connectivity index (χ0n) is 11.5. The van der Waals surface area contributed by atoms with E-state index in [-0.39, 0.29) is 11.6 Å². The van der Waals surface area contributed by atoms with Crippen LogP contribution in [-0.4, -0.2) is 10.8 Å².